The van der Waals surface area contributed by atoms with Gasteiger partial charge >= 0.3 is 0 Å². The average molecular weight is 257 g/mol. The number of nitrogens with zero attached hydrogens (tertiary/aromatic N) is 2. The zero-order valence-corrected chi connectivity index (χ0v) is 11.8. The zero-order valence-electron chi connectivity index (χ0n) is 11.0. The number of thiazole rings is 1. The van der Waals surface area contributed by atoms with E-state index in [1.165, 1.54) is 4.88 Å². The topological polar surface area (TPSA) is 37.4 Å². The number of anilines is 1. The zero-order chi connectivity index (χ0) is 12.5. The summed E-state index contributed by atoms with van der Waals surface area (Å²) in [5, 5.41) is 4.25. The molecule has 0 atom stereocenters. The fraction of sp³-hybridized carbons (Fsp3) is 0.750. The molecule has 0 spiro atoms. The Hall–Kier alpha value is -0.650. The highest BCUT2D eigenvalue weighted by atomic mass is 32.1. The average Bonchev–Trinajstić information content (AvgIpc) is 2.76. The fourth-order valence-electron chi connectivity index (χ4n) is 1.52. The lowest BCUT2D eigenvalue weighted by Gasteiger charge is -2.18. The third kappa shape index (κ3) is 5.48. The van der Waals surface area contributed by atoms with Crippen LogP contribution in [0.3, 0.4) is 0 Å². The molecule has 0 unspecified atom stereocenters. The number of rotatable bonds is 9. The lowest BCUT2D eigenvalue weighted by molar-refractivity contribution is 0.113. The minimum atomic E-state index is 0.794. The standard InChI is InChI=1S/C12H23N3OS/c1-4-13-12-14-9-11(17-12)10-15(5-2)7-8-16-6-3/h9H,4-8,10H2,1-3H3,(H,13,14). The van der Waals surface area contributed by atoms with Crippen LogP contribution in [0.5, 0.6) is 0 Å². The highest BCUT2D eigenvalue weighted by molar-refractivity contribution is 7.15. The molecule has 1 aromatic heterocycles. The molecule has 0 aliphatic carbocycles. The van der Waals surface area contributed by atoms with Gasteiger partial charge in [0.2, 0.25) is 0 Å². The fourth-order valence-corrected chi connectivity index (χ4v) is 2.44. The third-order valence-electron chi connectivity index (χ3n) is 2.46. The predicted molar refractivity (Wildman–Crippen MR) is 73.7 cm³/mol. The van der Waals surface area contributed by atoms with Gasteiger partial charge in [0.15, 0.2) is 5.13 Å². The maximum atomic E-state index is 5.38. The van der Waals surface area contributed by atoms with Crippen LogP contribution >= 0.6 is 11.3 Å². The summed E-state index contributed by atoms with van der Waals surface area (Å²) in [5.74, 6) is 0. The molecular formula is C12H23N3OS. The highest BCUT2D eigenvalue weighted by Crippen LogP contribution is 2.19. The van der Waals surface area contributed by atoms with Crippen molar-refractivity contribution in [3.63, 3.8) is 0 Å². The van der Waals surface area contributed by atoms with Gasteiger partial charge in [-0.2, -0.15) is 0 Å². The van der Waals surface area contributed by atoms with E-state index in [0.717, 1.165) is 44.5 Å². The van der Waals surface area contributed by atoms with Crippen molar-refractivity contribution in [1.82, 2.24) is 9.88 Å². The largest absolute Gasteiger partial charge is 0.380 e. The lowest BCUT2D eigenvalue weighted by Crippen LogP contribution is -2.26. The number of nitrogens with one attached hydrogen (secondary N) is 1. The first kappa shape index (κ1) is 14.4. The molecule has 0 amide bonds. The minimum Gasteiger partial charge on any atom is -0.380 e. The van der Waals surface area contributed by atoms with Crippen molar-refractivity contribution >= 4 is 16.5 Å². The van der Waals surface area contributed by atoms with Gasteiger partial charge in [-0.3, -0.25) is 4.90 Å². The van der Waals surface area contributed by atoms with Crippen molar-refractivity contribution in [2.75, 3.05) is 38.2 Å². The molecule has 0 aliphatic rings. The van der Waals surface area contributed by atoms with E-state index in [-0.39, 0.29) is 0 Å². The number of aromatic nitrogens is 1. The van der Waals surface area contributed by atoms with E-state index in [1.54, 1.807) is 11.3 Å². The molecule has 1 aromatic rings. The molecule has 0 aliphatic heterocycles. The Labute approximate surface area is 108 Å². The summed E-state index contributed by atoms with van der Waals surface area (Å²) in [7, 11) is 0. The van der Waals surface area contributed by atoms with Crippen LogP contribution in [0.2, 0.25) is 0 Å². The molecule has 1 rings (SSSR count). The molecule has 0 radical (unpaired) electrons. The van der Waals surface area contributed by atoms with E-state index in [4.69, 9.17) is 4.74 Å². The molecule has 17 heavy (non-hydrogen) atoms. The van der Waals surface area contributed by atoms with Gasteiger partial charge in [-0.05, 0) is 20.4 Å². The normalized spacial score (nSPS) is 11.1. The smallest absolute Gasteiger partial charge is 0.182 e. The Kier molecular flexibility index (Phi) is 7.16. The van der Waals surface area contributed by atoms with Crippen LogP contribution in [-0.2, 0) is 11.3 Å². The second-order valence-electron chi connectivity index (χ2n) is 3.73. The van der Waals surface area contributed by atoms with E-state index in [2.05, 4.69) is 29.0 Å². The van der Waals surface area contributed by atoms with Gasteiger partial charge in [0.25, 0.3) is 0 Å². The number of hydrogen-bond acceptors (Lipinski definition) is 5. The van der Waals surface area contributed by atoms with Crippen LogP contribution in [0.1, 0.15) is 25.6 Å². The maximum Gasteiger partial charge on any atom is 0.182 e. The van der Waals surface area contributed by atoms with Gasteiger partial charge in [-0.25, -0.2) is 4.98 Å². The van der Waals surface area contributed by atoms with E-state index in [9.17, 15) is 0 Å². The van der Waals surface area contributed by atoms with Crippen molar-refractivity contribution in [3.8, 4) is 0 Å². The van der Waals surface area contributed by atoms with Crippen LogP contribution < -0.4 is 5.32 Å². The Bertz CT molecular complexity index is 304. The van der Waals surface area contributed by atoms with Crippen LogP contribution in [0.25, 0.3) is 0 Å². The molecule has 1 N–H and O–H groups in total. The Balaban J connectivity index is 2.37. The van der Waals surface area contributed by atoms with E-state index in [0.29, 0.717) is 0 Å². The molecule has 98 valence electrons. The summed E-state index contributed by atoms with van der Waals surface area (Å²) in [6.07, 6.45) is 1.96. The van der Waals surface area contributed by atoms with Crippen molar-refractivity contribution in [2.24, 2.45) is 0 Å². The predicted octanol–water partition coefficient (Wildman–Crippen LogP) is 2.43. The summed E-state index contributed by atoms with van der Waals surface area (Å²) in [4.78, 5) is 8.02. The minimum absolute atomic E-state index is 0.794. The quantitative estimate of drug-likeness (QED) is 0.690. The van der Waals surface area contributed by atoms with E-state index >= 15 is 0 Å². The van der Waals surface area contributed by atoms with Crippen LogP contribution in [0.4, 0.5) is 5.13 Å². The Morgan fingerprint density at radius 1 is 1.41 bits per heavy atom. The van der Waals surface area contributed by atoms with Crippen molar-refractivity contribution in [3.05, 3.63) is 11.1 Å². The monoisotopic (exact) mass is 257 g/mol. The van der Waals surface area contributed by atoms with E-state index < -0.39 is 0 Å². The first-order valence-corrected chi connectivity index (χ1v) is 7.10. The summed E-state index contributed by atoms with van der Waals surface area (Å²) in [6, 6.07) is 0. The highest BCUT2D eigenvalue weighted by Gasteiger charge is 2.06. The summed E-state index contributed by atoms with van der Waals surface area (Å²) >= 11 is 1.74. The Morgan fingerprint density at radius 2 is 2.24 bits per heavy atom. The summed E-state index contributed by atoms with van der Waals surface area (Å²) in [6.45, 7) is 11.8. The van der Waals surface area contributed by atoms with Crippen LogP contribution in [0.15, 0.2) is 6.20 Å². The van der Waals surface area contributed by atoms with Gasteiger partial charge in [0.05, 0.1) is 6.61 Å². The maximum absolute atomic E-state index is 5.38. The van der Waals surface area contributed by atoms with E-state index in [1.807, 2.05) is 13.1 Å². The Morgan fingerprint density at radius 3 is 2.88 bits per heavy atom. The molecule has 0 fully saturated rings. The summed E-state index contributed by atoms with van der Waals surface area (Å²) < 4.78 is 5.38. The van der Waals surface area contributed by atoms with Crippen LogP contribution in [-0.4, -0.2) is 42.7 Å². The van der Waals surface area contributed by atoms with Gasteiger partial charge in [0.1, 0.15) is 0 Å². The first-order chi connectivity index (χ1) is 8.30. The molecule has 0 saturated carbocycles. The first-order valence-electron chi connectivity index (χ1n) is 6.28. The molecule has 0 aromatic carbocycles. The number of ether oxygens (including phenoxy) is 1. The molecular weight excluding hydrogens is 234 g/mol. The molecule has 0 saturated heterocycles. The molecule has 1 heterocycles. The molecule has 4 nitrogen and oxygen atoms in total. The number of hydrogen-bond donors (Lipinski definition) is 1. The SMILES string of the molecule is CCNc1ncc(CN(CC)CCOCC)s1. The van der Waals surface area contributed by atoms with Crippen LogP contribution in [0, 0.1) is 0 Å². The second-order valence-corrected chi connectivity index (χ2v) is 4.84. The van der Waals surface area contributed by atoms with Gasteiger partial charge in [-0.15, -0.1) is 11.3 Å². The van der Waals surface area contributed by atoms with Gasteiger partial charge in [-0.1, -0.05) is 6.92 Å². The number of likely N-dealkylation sites (N-methyl/N-ethyl adjacent to an activating group) is 1. The molecule has 5 heteroatoms. The van der Waals surface area contributed by atoms with Gasteiger partial charge in [0, 0.05) is 37.3 Å². The molecule has 0 bridgehead atoms. The van der Waals surface area contributed by atoms with Crippen molar-refractivity contribution < 1.29 is 4.74 Å². The second kappa shape index (κ2) is 8.44. The summed E-state index contributed by atoms with van der Waals surface area (Å²) in [5.41, 5.74) is 0. The van der Waals surface area contributed by atoms with Crippen molar-refractivity contribution in [2.45, 2.75) is 27.3 Å². The van der Waals surface area contributed by atoms with Crippen molar-refractivity contribution in [1.29, 1.82) is 0 Å². The van der Waals surface area contributed by atoms with Gasteiger partial charge < -0.3 is 10.1 Å². The lowest BCUT2D eigenvalue weighted by atomic mass is 10.4. The third-order valence-corrected chi connectivity index (χ3v) is 3.40.